The molecule has 2 heterocycles. The zero-order chi connectivity index (χ0) is 16.9. The van der Waals surface area contributed by atoms with Crippen molar-refractivity contribution in [2.75, 3.05) is 20.2 Å². The molecule has 0 aromatic heterocycles. The summed E-state index contributed by atoms with van der Waals surface area (Å²) in [5, 5.41) is 0. The first-order chi connectivity index (χ1) is 11.6. The van der Waals surface area contributed by atoms with Gasteiger partial charge in [0.15, 0.2) is 0 Å². The molecule has 0 aromatic rings. The van der Waals surface area contributed by atoms with E-state index in [2.05, 4.69) is 17.1 Å². The minimum absolute atomic E-state index is 0.0341. The van der Waals surface area contributed by atoms with Gasteiger partial charge in [-0.1, -0.05) is 6.08 Å². The van der Waals surface area contributed by atoms with Crippen LogP contribution in [-0.4, -0.2) is 43.1 Å². The SMILES string of the molecule is COC(=O)C1=CC2CC(OC(C)=O)C3CCCN4CCCC23C4=C1. The Morgan fingerprint density at radius 3 is 2.83 bits per heavy atom. The molecule has 4 unspecified atom stereocenters. The average molecular weight is 331 g/mol. The molecular formula is C19H25NO4. The number of esters is 2. The van der Waals surface area contributed by atoms with Gasteiger partial charge in [0.25, 0.3) is 0 Å². The van der Waals surface area contributed by atoms with E-state index < -0.39 is 0 Å². The van der Waals surface area contributed by atoms with Crippen LogP contribution in [0.15, 0.2) is 23.4 Å². The van der Waals surface area contributed by atoms with Crippen LogP contribution in [0.5, 0.6) is 0 Å². The van der Waals surface area contributed by atoms with Crippen LogP contribution < -0.4 is 0 Å². The molecule has 1 saturated carbocycles. The van der Waals surface area contributed by atoms with E-state index in [0.717, 1.165) is 38.8 Å². The third-order valence-corrected chi connectivity index (χ3v) is 6.45. The molecule has 0 aromatic carbocycles. The molecule has 3 fully saturated rings. The van der Waals surface area contributed by atoms with Gasteiger partial charge >= 0.3 is 11.9 Å². The van der Waals surface area contributed by atoms with Crippen molar-refractivity contribution >= 4 is 11.9 Å². The highest BCUT2D eigenvalue weighted by Crippen LogP contribution is 2.63. The Kier molecular flexibility index (Phi) is 3.70. The van der Waals surface area contributed by atoms with Gasteiger partial charge in [-0.05, 0) is 44.1 Å². The molecule has 4 rings (SSSR count). The van der Waals surface area contributed by atoms with E-state index in [0.29, 0.717) is 11.5 Å². The molecule has 130 valence electrons. The number of methoxy groups -OCH3 is 1. The Morgan fingerprint density at radius 1 is 1.29 bits per heavy atom. The molecule has 5 nitrogen and oxygen atoms in total. The van der Waals surface area contributed by atoms with Crippen molar-refractivity contribution in [2.24, 2.45) is 17.3 Å². The second kappa shape index (κ2) is 5.64. The molecule has 4 atom stereocenters. The summed E-state index contributed by atoms with van der Waals surface area (Å²) in [5.74, 6) is 0.142. The van der Waals surface area contributed by atoms with Crippen molar-refractivity contribution in [2.45, 2.75) is 45.1 Å². The predicted octanol–water partition coefficient (Wildman–Crippen LogP) is 2.43. The summed E-state index contributed by atoms with van der Waals surface area (Å²) in [4.78, 5) is 26.2. The first-order valence-corrected chi connectivity index (χ1v) is 9.00. The quantitative estimate of drug-likeness (QED) is 0.728. The molecule has 0 N–H and O–H groups in total. The minimum Gasteiger partial charge on any atom is -0.465 e. The van der Waals surface area contributed by atoms with E-state index in [4.69, 9.17) is 9.47 Å². The number of piperidine rings is 1. The Bertz CT molecular complexity index is 637. The van der Waals surface area contributed by atoms with Crippen molar-refractivity contribution in [1.29, 1.82) is 0 Å². The van der Waals surface area contributed by atoms with E-state index in [9.17, 15) is 9.59 Å². The maximum Gasteiger partial charge on any atom is 0.337 e. The van der Waals surface area contributed by atoms with Gasteiger partial charge in [-0.15, -0.1) is 0 Å². The number of allylic oxidation sites excluding steroid dienone is 2. The normalized spacial score (nSPS) is 36.9. The lowest BCUT2D eigenvalue weighted by molar-refractivity contribution is -0.149. The highest BCUT2D eigenvalue weighted by Gasteiger charge is 2.60. The van der Waals surface area contributed by atoms with Gasteiger partial charge in [0.2, 0.25) is 0 Å². The van der Waals surface area contributed by atoms with Crippen molar-refractivity contribution in [3.05, 3.63) is 23.4 Å². The monoisotopic (exact) mass is 331 g/mol. The van der Waals surface area contributed by atoms with Crippen LogP contribution >= 0.6 is 0 Å². The highest BCUT2D eigenvalue weighted by atomic mass is 16.5. The molecular weight excluding hydrogens is 306 g/mol. The lowest BCUT2D eigenvalue weighted by Crippen LogP contribution is -2.46. The minimum atomic E-state index is -0.270. The van der Waals surface area contributed by atoms with Gasteiger partial charge < -0.3 is 14.4 Å². The molecule has 2 bridgehead atoms. The molecule has 2 aliphatic carbocycles. The van der Waals surface area contributed by atoms with E-state index >= 15 is 0 Å². The maximum absolute atomic E-state index is 12.1. The zero-order valence-electron chi connectivity index (χ0n) is 14.4. The fourth-order valence-electron chi connectivity index (χ4n) is 5.71. The fraction of sp³-hybridized carbons (Fsp3) is 0.684. The predicted molar refractivity (Wildman–Crippen MR) is 87.8 cm³/mol. The van der Waals surface area contributed by atoms with Crippen LogP contribution in [0.2, 0.25) is 0 Å². The summed E-state index contributed by atoms with van der Waals surface area (Å²) >= 11 is 0. The third-order valence-electron chi connectivity index (χ3n) is 6.45. The Labute approximate surface area is 142 Å². The van der Waals surface area contributed by atoms with E-state index in [1.807, 2.05) is 0 Å². The average Bonchev–Trinajstić information content (AvgIpc) is 2.79. The van der Waals surface area contributed by atoms with Crippen LogP contribution in [0.3, 0.4) is 0 Å². The molecule has 0 radical (unpaired) electrons. The lowest BCUT2D eigenvalue weighted by Gasteiger charge is -2.50. The maximum atomic E-state index is 12.1. The number of rotatable bonds is 2. The Hall–Kier alpha value is -1.78. The second-order valence-corrected chi connectivity index (χ2v) is 7.51. The summed E-state index contributed by atoms with van der Waals surface area (Å²) in [6.07, 6.45) is 9.39. The highest BCUT2D eigenvalue weighted by molar-refractivity contribution is 5.92. The zero-order valence-corrected chi connectivity index (χ0v) is 14.4. The van der Waals surface area contributed by atoms with Gasteiger partial charge in [-0.3, -0.25) is 4.79 Å². The van der Waals surface area contributed by atoms with Crippen LogP contribution in [0.4, 0.5) is 0 Å². The van der Waals surface area contributed by atoms with Crippen LogP contribution in [0.1, 0.15) is 39.0 Å². The molecule has 24 heavy (non-hydrogen) atoms. The Balaban J connectivity index is 1.81. The summed E-state index contributed by atoms with van der Waals surface area (Å²) in [6.45, 7) is 3.58. The standard InChI is InChI=1S/C19H25NO4/c1-12(21)24-16-11-14-9-13(18(22)23-2)10-17-19(14)6-4-8-20(17)7-3-5-15(16)19/h9-10,14-16H,3-8,11H2,1-2H3. The number of carbonyl (C=O) groups excluding carboxylic acids is 2. The summed E-state index contributed by atoms with van der Waals surface area (Å²) < 4.78 is 10.7. The van der Waals surface area contributed by atoms with Gasteiger partial charge in [-0.2, -0.15) is 0 Å². The first kappa shape index (κ1) is 15.7. The molecule has 1 spiro atoms. The molecule has 4 aliphatic rings. The van der Waals surface area contributed by atoms with Crippen molar-refractivity contribution in [1.82, 2.24) is 4.90 Å². The number of nitrogens with zero attached hydrogens (tertiary/aromatic N) is 1. The van der Waals surface area contributed by atoms with Gasteiger partial charge in [-0.25, -0.2) is 4.79 Å². The van der Waals surface area contributed by atoms with E-state index in [1.54, 1.807) is 0 Å². The summed E-state index contributed by atoms with van der Waals surface area (Å²) in [6, 6.07) is 0. The lowest BCUT2D eigenvalue weighted by atomic mass is 9.62. The largest absolute Gasteiger partial charge is 0.465 e. The molecule has 2 aliphatic heterocycles. The van der Waals surface area contributed by atoms with Gasteiger partial charge in [0.1, 0.15) is 6.10 Å². The van der Waals surface area contributed by atoms with Crippen molar-refractivity contribution in [3.8, 4) is 0 Å². The molecule has 2 saturated heterocycles. The van der Waals surface area contributed by atoms with E-state index in [-0.39, 0.29) is 29.4 Å². The number of hydrogen-bond acceptors (Lipinski definition) is 5. The molecule has 5 heteroatoms. The van der Waals surface area contributed by atoms with Crippen molar-refractivity contribution < 1.29 is 19.1 Å². The van der Waals surface area contributed by atoms with Crippen LogP contribution in [0.25, 0.3) is 0 Å². The summed E-state index contributed by atoms with van der Waals surface area (Å²) in [7, 11) is 1.43. The van der Waals surface area contributed by atoms with E-state index in [1.165, 1.54) is 26.2 Å². The third kappa shape index (κ3) is 2.13. The number of carbonyl (C=O) groups is 2. The van der Waals surface area contributed by atoms with Crippen LogP contribution in [-0.2, 0) is 19.1 Å². The topological polar surface area (TPSA) is 55.8 Å². The molecule has 0 amide bonds. The van der Waals surface area contributed by atoms with Crippen molar-refractivity contribution in [3.63, 3.8) is 0 Å². The van der Waals surface area contributed by atoms with Gasteiger partial charge in [0, 0.05) is 37.0 Å². The number of ether oxygens (including phenoxy) is 2. The smallest absolute Gasteiger partial charge is 0.337 e. The number of hydrogen-bond donors (Lipinski definition) is 0. The first-order valence-electron chi connectivity index (χ1n) is 9.00. The Morgan fingerprint density at radius 2 is 2.08 bits per heavy atom. The summed E-state index contributed by atoms with van der Waals surface area (Å²) in [5.41, 5.74) is 1.98. The fourth-order valence-corrected chi connectivity index (χ4v) is 5.71. The second-order valence-electron chi connectivity index (χ2n) is 7.51. The van der Waals surface area contributed by atoms with Crippen LogP contribution in [0, 0.1) is 17.3 Å². The van der Waals surface area contributed by atoms with Gasteiger partial charge in [0.05, 0.1) is 12.7 Å².